The summed E-state index contributed by atoms with van der Waals surface area (Å²) in [7, 11) is 0. The second kappa shape index (κ2) is 7.21. The minimum Gasteiger partial charge on any atom is -0.454 e. The van der Waals surface area contributed by atoms with Gasteiger partial charge in [-0.05, 0) is 35.8 Å². The summed E-state index contributed by atoms with van der Waals surface area (Å²) in [5.41, 5.74) is 3.87. The number of nitrogens with zero attached hydrogens (tertiary/aromatic N) is 3. The van der Waals surface area contributed by atoms with Gasteiger partial charge in [0.1, 0.15) is 17.0 Å². The molecule has 3 N–H and O–H groups in total. The third-order valence-electron chi connectivity index (χ3n) is 4.31. The molecular formula is C20H14N6O2S. The molecule has 0 spiro atoms. The average Bonchev–Trinajstić information content (AvgIpc) is 3.48. The Morgan fingerprint density at radius 2 is 1.90 bits per heavy atom. The van der Waals surface area contributed by atoms with Gasteiger partial charge in [0.05, 0.1) is 0 Å². The number of fused-ring (bicyclic) bond motifs is 1. The van der Waals surface area contributed by atoms with Crippen molar-refractivity contribution in [3.8, 4) is 22.7 Å². The summed E-state index contributed by atoms with van der Waals surface area (Å²) in [4.78, 5) is 12.3. The number of hydrogen-bond acceptors (Lipinski definition) is 6. The van der Waals surface area contributed by atoms with E-state index in [4.69, 9.17) is 4.42 Å². The molecular weight excluding hydrogens is 388 g/mol. The van der Waals surface area contributed by atoms with Gasteiger partial charge in [-0.25, -0.2) is 4.79 Å². The van der Waals surface area contributed by atoms with Gasteiger partial charge in [-0.1, -0.05) is 34.8 Å². The molecule has 0 aliphatic heterocycles. The molecule has 0 atom stereocenters. The van der Waals surface area contributed by atoms with Crippen molar-refractivity contribution in [2.45, 2.75) is 0 Å². The lowest BCUT2D eigenvalue weighted by Gasteiger charge is -2.06. The van der Waals surface area contributed by atoms with E-state index in [-0.39, 0.29) is 0 Å². The third kappa shape index (κ3) is 3.58. The van der Waals surface area contributed by atoms with Gasteiger partial charge in [0.2, 0.25) is 0 Å². The summed E-state index contributed by atoms with van der Waals surface area (Å²) >= 11 is 1.29. The molecule has 2 amide bonds. The van der Waals surface area contributed by atoms with Crippen LogP contribution in [0.3, 0.4) is 0 Å². The SMILES string of the molecule is O=C(Nc1ccc(-c2csnn2)cc1)Nc1cc(-c2cc3ccccc3o2)[nH]n1. The van der Waals surface area contributed by atoms with E-state index in [1.54, 1.807) is 18.2 Å². The zero-order valence-corrected chi connectivity index (χ0v) is 15.7. The number of carbonyl (C=O) groups is 1. The van der Waals surface area contributed by atoms with Crippen molar-refractivity contribution in [2.24, 2.45) is 0 Å². The number of furan rings is 1. The number of carbonyl (C=O) groups excluding carboxylic acids is 1. The second-order valence-electron chi connectivity index (χ2n) is 6.26. The Morgan fingerprint density at radius 1 is 1.03 bits per heavy atom. The van der Waals surface area contributed by atoms with E-state index in [9.17, 15) is 4.79 Å². The molecule has 0 saturated carbocycles. The summed E-state index contributed by atoms with van der Waals surface area (Å²) in [5.74, 6) is 1.04. The molecule has 0 radical (unpaired) electrons. The molecule has 0 aliphatic rings. The lowest BCUT2D eigenvalue weighted by molar-refractivity contribution is 0.262. The molecule has 3 heterocycles. The second-order valence-corrected chi connectivity index (χ2v) is 6.87. The number of para-hydroxylation sites is 1. The van der Waals surface area contributed by atoms with E-state index in [1.165, 1.54) is 11.5 Å². The van der Waals surface area contributed by atoms with Crippen LogP contribution in [0.2, 0.25) is 0 Å². The van der Waals surface area contributed by atoms with Crippen molar-refractivity contribution >= 4 is 40.0 Å². The van der Waals surface area contributed by atoms with Crippen LogP contribution in [-0.4, -0.2) is 25.8 Å². The molecule has 5 rings (SSSR count). The molecule has 8 nitrogen and oxygen atoms in total. The summed E-state index contributed by atoms with van der Waals surface area (Å²) in [6.07, 6.45) is 0. The Bertz CT molecular complexity index is 1240. The van der Waals surface area contributed by atoms with E-state index in [2.05, 4.69) is 30.4 Å². The van der Waals surface area contributed by atoms with E-state index in [0.717, 1.165) is 22.2 Å². The first-order valence-electron chi connectivity index (χ1n) is 8.74. The highest BCUT2D eigenvalue weighted by Crippen LogP contribution is 2.27. The summed E-state index contributed by atoms with van der Waals surface area (Å²) in [6.45, 7) is 0. The van der Waals surface area contributed by atoms with E-state index in [1.807, 2.05) is 47.8 Å². The van der Waals surface area contributed by atoms with Crippen LogP contribution < -0.4 is 10.6 Å². The number of rotatable bonds is 4. The highest BCUT2D eigenvalue weighted by atomic mass is 32.1. The lowest BCUT2D eigenvalue weighted by Crippen LogP contribution is -2.19. The fourth-order valence-corrected chi connectivity index (χ4v) is 3.39. The molecule has 0 fully saturated rings. The molecule has 0 saturated heterocycles. The molecule has 2 aromatic carbocycles. The molecule has 0 unspecified atom stereocenters. The van der Waals surface area contributed by atoms with Gasteiger partial charge < -0.3 is 9.73 Å². The molecule has 0 bridgehead atoms. The minimum absolute atomic E-state index is 0.392. The van der Waals surface area contributed by atoms with Crippen LogP contribution in [0, 0.1) is 0 Å². The van der Waals surface area contributed by atoms with Crippen molar-refractivity contribution in [3.63, 3.8) is 0 Å². The van der Waals surface area contributed by atoms with Crippen LogP contribution in [0.25, 0.3) is 33.7 Å². The first kappa shape index (κ1) is 17.1. The van der Waals surface area contributed by atoms with Gasteiger partial charge in [-0.2, -0.15) is 5.10 Å². The fraction of sp³-hybridized carbons (Fsp3) is 0. The Kier molecular flexibility index (Phi) is 4.26. The Morgan fingerprint density at radius 3 is 2.69 bits per heavy atom. The van der Waals surface area contributed by atoms with Crippen molar-refractivity contribution in [1.29, 1.82) is 0 Å². The Hall–Kier alpha value is -3.98. The quantitative estimate of drug-likeness (QED) is 0.393. The summed E-state index contributed by atoms with van der Waals surface area (Å²) < 4.78 is 9.65. The van der Waals surface area contributed by atoms with Crippen LogP contribution in [0.15, 0.2) is 70.5 Å². The maximum absolute atomic E-state index is 12.3. The number of hydrogen-bond donors (Lipinski definition) is 3. The summed E-state index contributed by atoms with van der Waals surface area (Å²) in [6, 6.07) is 18.3. The van der Waals surface area contributed by atoms with Crippen LogP contribution in [0.1, 0.15) is 0 Å². The zero-order chi connectivity index (χ0) is 19.6. The summed E-state index contributed by atoms with van der Waals surface area (Å²) in [5, 5.41) is 19.4. The van der Waals surface area contributed by atoms with Crippen LogP contribution in [-0.2, 0) is 0 Å². The van der Waals surface area contributed by atoms with Gasteiger partial charge in [0.15, 0.2) is 11.6 Å². The topological polar surface area (TPSA) is 109 Å². The molecule has 9 heteroatoms. The van der Waals surface area contributed by atoms with Crippen molar-refractivity contribution in [3.05, 3.63) is 66.0 Å². The smallest absolute Gasteiger partial charge is 0.324 e. The first-order valence-corrected chi connectivity index (χ1v) is 9.58. The van der Waals surface area contributed by atoms with E-state index >= 15 is 0 Å². The number of H-pyrrole nitrogens is 1. The zero-order valence-electron chi connectivity index (χ0n) is 14.9. The highest BCUT2D eigenvalue weighted by molar-refractivity contribution is 7.03. The monoisotopic (exact) mass is 402 g/mol. The van der Waals surface area contributed by atoms with Crippen molar-refractivity contribution < 1.29 is 9.21 Å². The maximum atomic E-state index is 12.3. The van der Waals surface area contributed by atoms with Gasteiger partial charge in [-0.3, -0.25) is 10.4 Å². The Balaban J connectivity index is 1.25. The van der Waals surface area contributed by atoms with E-state index < -0.39 is 6.03 Å². The molecule has 3 aromatic heterocycles. The lowest BCUT2D eigenvalue weighted by atomic mass is 10.1. The number of anilines is 2. The predicted octanol–water partition coefficient (Wildman–Crippen LogP) is 4.99. The highest BCUT2D eigenvalue weighted by Gasteiger charge is 2.11. The number of amides is 2. The number of urea groups is 1. The van der Waals surface area contributed by atoms with Gasteiger partial charge in [-0.15, -0.1) is 5.10 Å². The molecule has 5 aromatic rings. The Labute approximate surface area is 168 Å². The minimum atomic E-state index is -0.393. The van der Waals surface area contributed by atoms with Gasteiger partial charge in [0, 0.05) is 28.1 Å². The number of aromatic amines is 1. The van der Waals surface area contributed by atoms with Crippen LogP contribution in [0.4, 0.5) is 16.3 Å². The predicted molar refractivity (Wildman–Crippen MR) is 112 cm³/mol. The van der Waals surface area contributed by atoms with Crippen LogP contribution >= 0.6 is 11.5 Å². The van der Waals surface area contributed by atoms with Crippen molar-refractivity contribution in [2.75, 3.05) is 10.6 Å². The molecule has 0 aliphatic carbocycles. The largest absolute Gasteiger partial charge is 0.454 e. The maximum Gasteiger partial charge on any atom is 0.324 e. The molecule has 142 valence electrons. The number of nitrogens with one attached hydrogen (secondary N) is 3. The fourth-order valence-electron chi connectivity index (χ4n) is 2.92. The van der Waals surface area contributed by atoms with Gasteiger partial charge in [0.25, 0.3) is 0 Å². The standard InChI is InChI=1S/C20H14N6O2S/c27-20(21-14-7-5-12(6-8-14)16-11-29-26-24-16)22-19-10-15(23-25-19)18-9-13-3-1-2-4-17(13)28-18/h1-11H,(H3,21,22,23,25,27). The molecule has 29 heavy (non-hydrogen) atoms. The average molecular weight is 402 g/mol. The van der Waals surface area contributed by atoms with Gasteiger partial charge >= 0.3 is 6.03 Å². The number of benzene rings is 2. The van der Waals surface area contributed by atoms with Crippen molar-refractivity contribution in [1.82, 2.24) is 19.8 Å². The first-order chi connectivity index (χ1) is 14.2. The number of aromatic nitrogens is 4. The normalized spacial score (nSPS) is 10.9. The van der Waals surface area contributed by atoms with Crippen LogP contribution in [0.5, 0.6) is 0 Å². The third-order valence-corrected chi connectivity index (χ3v) is 4.81. The van der Waals surface area contributed by atoms with E-state index in [0.29, 0.717) is 23.0 Å².